The Morgan fingerprint density at radius 1 is 1.19 bits per heavy atom. The molecule has 0 saturated carbocycles. The van der Waals surface area contributed by atoms with Crippen molar-refractivity contribution < 1.29 is 24.0 Å². The Morgan fingerprint density at radius 3 is 2.46 bits per heavy atom. The van der Waals surface area contributed by atoms with Crippen LogP contribution in [-0.4, -0.2) is 58.9 Å². The monoisotopic (exact) mass is 387 g/mol. The molecule has 0 bridgehead atoms. The minimum atomic E-state index is -0.383. The predicted molar refractivity (Wildman–Crippen MR) is 99.0 cm³/mol. The molecule has 0 radical (unpaired) electrons. The Balaban J connectivity index is 2.16. The summed E-state index contributed by atoms with van der Waals surface area (Å²) < 4.78 is 0. The third-order valence-electron chi connectivity index (χ3n) is 3.54. The van der Waals surface area contributed by atoms with Gasteiger partial charge in [0.05, 0.1) is 18.3 Å². The van der Waals surface area contributed by atoms with Crippen molar-refractivity contribution in [2.24, 2.45) is 5.92 Å². The summed E-state index contributed by atoms with van der Waals surface area (Å²) in [7, 11) is 0. The molecule has 1 fully saturated rings. The summed E-state index contributed by atoms with van der Waals surface area (Å²) in [4.78, 5) is 52.2. The van der Waals surface area contributed by atoms with Crippen molar-refractivity contribution >= 4 is 35.4 Å². The van der Waals surface area contributed by atoms with Crippen LogP contribution in [0.3, 0.4) is 0 Å². The van der Waals surface area contributed by atoms with Gasteiger partial charge < -0.3 is 10.6 Å². The van der Waals surface area contributed by atoms with Gasteiger partial charge in [-0.15, -0.1) is 11.8 Å². The van der Waals surface area contributed by atoms with Crippen molar-refractivity contribution in [3.63, 3.8) is 0 Å². The van der Waals surface area contributed by atoms with Crippen LogP contribution in [0.4, 0.5) is 0 Å². The number of nitrogens with one attached hydrogen (secondary N) is 2. The maximum Gasteiger partial charge on any atom is 0.267 e. The molecule has 1 aliphatic heterocycles. The highest BCUT2D eigenvalue weighted by atomic mass is 32.2. The van der Waals surface area contributed by atoms with Crippen LogP contribution in [0.2, 0.25) is 0 Å². The van der Waals surface area contributed by atoms with Crippen LogP contribution in [0.5, 0.6) is 0 Å². The molecule has 1 unspecified atom stereocenters. The maximum atomic E-state index is 12.1. The fourth-order valence-corrected chi connectivity index (χ4v) is 3.33. The van der Waals surface area contributed by atoms with Crippen molar-refractivity contribution in [1.29, 1.82) is 0 Å². The van der Waals surface area contributed by atoms with E-state index >= 15 is 0 Å². The van der Waals surface area contributed by atoms with E-state index < -0.39 is 0 Å². The van der Waals surface area contributed by atoms with E-state index in [4.69, 9.17) is 4.84 Å². The molecule has 1 heterocycles. The topological polar surface area (TPSA) is 105 Å². The smallest absolute Gasteiger partial charge is 0.267 e. The number of carbonyl (C=O) groups is 4. The van der Waals surface area contributed by atoms with E-state index in [1.165, 1.54) is 11.8 Å². The van der Waals surface area contributed by atoms with E-state index in [9.17, 15) is 19.2 Å². The lowest BCUT2D eigenvalue weighted by Gasteiger charge is -2.15. The highest BCUT2D eigenvalue weighted by Gasteiger charge is 2.40. The summed E-state index contributed by atoms with van der Waals surface area (Å²) in [6.45, 7) is 8.40. The zero-order valence-corrected chi connectivity index (χ0v) is 16.7. The van der Waals surface area contributed by atoms with E-state index in [0.29, 0.717) is 19.5 Å². The van der Waals surface area contributed by atoms with Crippen molar-refractivity contribution in [2.75, 3.05) is 19.7 Å². The number of imide groups is 1. The zero-order chi connectivity index (χ0) is 19.7. The van der Waals surface area contributed by atoms with Gasteiger partial charge in [0.15, 0.2) is 0 Å². The summed E-state index contributed by atoms with van der Waals surface area (Å²) in [6.07, 6.45) is 0.770. The molecule has 148 valence electrons. The Bertz CT molecular complexity index is 525. The molecule has 1 saturated heterocycles. The average molecular weight is 388 g/mol. The summed E-state index contributed by atoms with van der Waals surface area (Å²) in [5.41, 5.74) is 0. The first-order chi connectivity index (χ1) is 12.2. The van der Waals surface area contributed by atoms with Gasteiger partial charge in [0, 0.05) is 25.4 Å². The van der Waals surface area contributed by atoms with Crippen molar-refractivity contribution in [1.82, 2.24) is 15.7 Å². The zero-order valence-electron chi connectivity index (χ0n) is 15.9. The minimum Gasteiger partial charge on any atom is -0.354 e. The van der Waals surface area contributed by atoms with Crippen LogP contribution >= 0.6 is 11.8 Å². The van der Waals surface area contributed by atoms with Gasteiger partial charge in [0.1, 0.15) is 0 Å². The third-order valence-corrected chi connectivity index (χ3v) is 4.78. The molecule has 26 heavy (non-hydrogen) atoms. The number of rotatable bonds is 11. The molecule has 0 aromatic rings. The number of hydrogen-bond donors (Lipinski definition) is 2. The number of thioether (sulfide) groups is 1. The van der Waals surface area contributed by atoms with Gasteiger partial charge in [-0.1, -0.05) is 27.7 Å². The molecule has 1 aliphatic rings. The van der Waals surface area contributed by atoms with Gasteiger partial charge in [-0.05, 0) is 11.7 Å². The first kappa shape index (κ1) is 22.4. The summed E-state index contributed by atoms with van der Waals surface area (Å²) in [5.74, 6) is -0.962. The normalized spacial score (nSPS) is 17.3. The molecular formula is C17H29N3O5S. The number of hydrogen-bond acceptors (Lipinski definition) is 6. The van der Waals surface area contributed by atoms with E-state index in [0.717, 1.165) is 5.06 Å². The van der Waals surface area contributed by atoms with E-state index in [1.807, 2.05) is 13.8 Å². The average Bonchev–Trinajstić information content (AvgIpc) is 2.81. The summed E-state index contributed by atoms with van der Waals surface area (Å²) >= 11 is 1.45. The van der Waals surface area contributed by atoms with Crippen LogP contribution < -0.4 is 10.6 Å². The van der Waals surface area contributed by atoms with Gasteiger partial charge in [-0.3, -0.25) is 24.0 Å². The second-order valence-corrected chi connectivity index (χ2v) is 8.42. The quantitative estimate of drug-likeness (QED) is 0.402. The van der Waals surface area contributed by atoms with Crippen LogP contribution in [0.25, 0.3) is 0 Å². The Labute approximate surface area is 158 Å². The first-order valence-electron chi connectivity index (χ1n) is 8.92. The Kier molecular flexibility index (Phi) is 9.64. The van der Waals surface area contributed by atoms with Gasteiger partial charge in [0.25, 0.3) is 11.8 Å². The van der Waals surface area contributed by atoms with Crippen molar-refractivity contribution in [2.45, 2.75) is 57.5 Å². The molecular weight excluding hydrogens is 358 g/mol. The highest BCUT2D eigenvalue weighted by molar-refractivity contribution is 8.01. The van der Waals surface area contributed by atoms with Crippen LogP contribution in [-0.2, 0) is 24.0 Å². The number of hydroxylamine groups is 2. The molecule has 1 atom stereocenters. The third kappa shape index (κ3) is 7.74. The fraction of sp³-hybridized carbons (Fsp3) is 0.765. The summed E-state index contributed by atoms with van der Waals surface area (Å²) in [5, 5.41) is 6.10. The maximum absolute atomic E-state index is 12.1. The minimum absolute atomic E-state index is 0.0541. The lowest BCUT2D eigenvalue weighted by molar-refractivity contribution is -0.187. The largest absolute Gasteiger partial charge is 0.354 e. The van der Waals surface area contributed by atoms with Gasteiger partial charge in [-0.25, -0.2) is 0 Å². The molecule has 8 nitrogen and oxygen atoms in total. The summed E-state index contributed by atoms with van der Waals surface area (Å²) in [6, 6.07) is 0. The van der Waals surface area contributed by atoms with Gasteiger partial charge >= 0.3 is 0 Å². The Hall–Kier alpha value is -1.61. The lowest BCUT2D eigenvalue weighted by atomic mass is 10.2. The molecule has 4 amide bonds. The molecule has 2 N–H and O–H groups in total. The molecule has 1 rings (SSSR count). The lowest BCUT2D eigenvalue weighted by Crippen LogP contribution is -2.36. The second kappa shape index (κ2) is 11.2. The second-order valence-electron chi connectivity index (χ2n) is 6.64. The van der Waals surface area contributed by atoms with Crippen molar-refractivity contribution in [3.8, 4) is 0 Å². The van der Waals surface area contributed by atoms with Crippen LogP contribution in [0.1, 0.15) is 47.0 Å². The van der Waals surface area contributed by atoms with Crippen LogP contribution in [0, 0.1) is 5.92 Å². The molecule has 9 heteroatoms. The Morgan fingerprint density at radius 2 is 1.85 bits per heavy atom. The first-order valence-corrected chi connectivity index (χ1v) is 9.86. The van der Waals surface area contributed by atoms with E-state index in [-0.39, 0.29) is 59.5 Å². The molecule has 0 aromatic carbocycles. The fourth-order valence-electron chi connectivity index (χ4n) is 2.22. The van der Waals surface area contributed by atoms with E-state index in [1.54, 1.807) is 13.8 Å². The number of amides is 4. The predicted octanol–water partition coefficient (Wildman–Crippen LogP) is 0.856. The van der Waals surface area contributed by atoms with Crippen LogP contribution in [0.15, 0.2) is 0 Å². The van der Waals surface area contributed by atoms with Gasteiger partial charge in [-0.2, -0.15) is 5.06 Å². The molecule has 0 spiro atoms. The van der Waals surface area contributed by atoms with E-state index in [2.05, 4.69) is 10.6 Å². The highest BCUT2D eigenvalue weighted by Crippen LogP contribution is 2.28. The molecule has 0 aliphatic carbocycles. The molecule has 0 aromatic heterocycles. The van der Waals surface area contributed by atoms with Crippen molar-refractivity contribution in [3.05, 3.63) is 0 Å². The standard InChI is InChI=1S/C17H29N3O5S/c1-11(2)16(23)19-8-7-18-14(21)6-5-9-25-20-15(22)10-13(17(20)24)26-12(3)4/h11-13H,5-10H2,1-4H3,(H,18,21)(H,19,23). The SMILES string of the molecule is CC(C)SC1CC(=O)N(OCCCC(=O)NCCNC(=O)C(C)C)C1=O. The number of nitrogens with zero attached hydrogens (tertiary/aromatic N) is 1. The number of carbonyl (C=O) groups excluding carboxylic acids is 4. The van der Waals surface area contributed by atoms with Gasteiger partial charge in [0.2, 0.25) is 11.8 Å².